The minimum absolute atomic E-state index is 0.0470. The van der Waals surface area contributed by atoms with E-state index in [2.05, 4.69) is 10.3 Å². The molecule has 1 rings (SSSR count). The Morgan fingerprint density at radius 1 is 1.40 bits per heavy atom. The van der Waals surface area contributed by atoms with Gasteiger partial charge in [-0.15, -0.1) is 0 Å². The molecule has 0 unspecified atom stereocenters. The van der Waals surface area contributed by atoms with Crippen LogP contribution in [-0.2, 0) is 11.3 Å². The van der Waals surface area contributed by atoms with E-state index >= 15 is 0 Å². The zero-order chi connectivity index (χ0) is 11.5. The molecule has 0 radical (unpaired) electrons. The number of carbonyl (C=O) groups is 1. The largest absolute Gasteiger partial charge is 0.350 e. The van der Waals surface area contributed by atoms with E-state index in [-0.39, 0.29) is 11.3 Å². The summed E-state index contributed by atoms with van der Waals surface area (Å²) >= 11 is 0. The summed E-state index contributed by atoms with van der Waals surface area (Å²) in [5.74, 6) is 0.0470. The van der Waals surface area contributed by atoms with Crippen LogP contribution >= 0.6 is 0 Å². The van der Waals surface area contributed by atoms with Crippen LogP contribution in [-0.4, -0.2) is 10.9 Å². The molecule has 1 N–H and O–H groups in total. The normalized spacial score (nSPS) is 11.2. The van der Waals surface area contributed by atoms with Gasteiger partial charge in [0.15, 0.2) is 0 Å². The molecule has 0 fully saturated rings. The van der Waals surface area contributed by atoms with E-state index in [4.69, 9.17) is 0 Å². The molecule has 0 aromatic carbocycles. The van der Waals surface area contributed by atoms with E-state index in [9.17, 15) is 4.79 Å². The van der Waals surface area contributed by atoms with Gasteiger partial charge < -0.3 is 5.32 Å². The lowest BCUT2D eigenvalue weighted by molar-refractivity contribution is -0.128. The summed E-state index contributed by atoms with van der Waals surface area (Å²) in [6.07, 6.45) is 0. The number of hydrogen-bond donors (Lipinski definition) is 1. The Morgan fingerprint density at radius 3 is 2.60 bits per heavy atom. The summed E-state index contributed by atoms with van der Waals surface area (Å²) in [6.45, 7) is 8.12. The molecule has 0 saturated carbocycles. The van der Waals surface area contributed by atoms with E-state index in [1.54, 1.807) is 0 Å². The summed E-state index contributed by atoms with van der Waals surface area (Å²) in [5, 5.41) is 2.86. The van der Waals surface area contributed by atoms with Crippen LogP contribution < -0.4 is 5.32 Å². The van der Waals surface area contributed by atoms with Crippen molar-refractivity contribution < 1.29 is 4.79 Å². The number of aryl methyl sites for hydroxylation is 1. The Balaban J connectivity index is 2.55. The molecule has 15 heavy (non-hydrogen) atoms. The van der Waals surface area contributed by atoms with Gasteiger partial charge in [0.25, 0.3) is 0 Å². The van der Waals surface area contributed by atoms with Crippen molar-refractivity contribution in [2.75, 3.05) is 0 Å². The number of amides is 1. The van der Waals surface area contributed by atoms with Crippen LogP contribution in [0, 0.1) is 12.3 Å². The average molecular weight is 206 g/mol. The SMILES string of the molecule is Cc1cccc(CNC(=O)C(C)(C)C)n1. The number of nitrogens with zero attached hydrogens (tertiary/aromatic N) is 1. The van der Waals surface area contributed by atoms with Gasteiger partial charge in [0.05, 0.1) is 12.2 Å². The molecule has 0 aliphatic rings. The van der Waals surface area contributed by atoms with Crippen molar-refractivity contribution in [3.63, 3.8) is 0 Å². The molecule has 0 aliphatic heterocycles. The zero-order valence-electron chi connectivity index (χ0n) is 9.79. The van der Waals surface area contributed by atoms with Crippen LogP contribution in [0.2, 0.25) is 0 Å². The van der Waals surface area contributed by atoms with E-state index in [0.29, 0.717) is 6.54 Å². The van der Waals surface area contributed by atoms with Crippen molar-refractivity contribution in [1.82, 2.24) is 10.3 Å². The molecular weight excluding hydrogens is 188 g/mol. The number of nitrogens with one attached hydrogen (secondary N) is 1. The molecule has 1 amide bonds. The first-order chi connectivity index (χ1) is 6.89. The molecule has 0 saturated heterocycles. The van der Waals surface area contributed by atoms with E-state index in [0.717, 1.165) is 11.4 Å². The Labute approximate surface area is 90.9 Å². The third kappa shape index (κ3) is 3.70. The van der Waals surface area contributed by atoms with Gasteiger partial charge in [0.2, 0.25) is 5.91 Å². The minimum Gasteiger partial charge on any atom is -0.350 e. The van der Waals surface area contributed by atoms with Gasteiger partial charge in [-0.3, -0.25) is 9.78 Å². The van der Waals surface area contributed by atoms with Gasteiger partial charge in [-0.2, -0.15) is 0 Å². The number of aromatic nitrogens is 1. The minimum atomic E-state index is -0.343. The lowest BCUT2D eigenvalue weighted by Crippen LogP contribution is -2.34. The number of hydrogen-bond acceptors (Lipinski definition) is 2. The highest BCUT2D eigenvalue weighted by molar-refractivity contribution is 5.81. The summed E-state index contributed by atoms with van der Waals surface area (Å²) in [6, 6.07) is 5.80. The van der Waals surface area contributed by atoms with Crippen molar-refractivity contribution in [1.29, 1.82) is 0 Å². The highest BCUT2D eigenvalue weighted by atomic mass is 16.2. The third-order valence-corrected chi connectivity index (χ3v) is 2.06. The predicted octanol–water partition coefficient (Wildman–Crippen LogP) is 2.05. The van der Waals surface area contributed by atoms with Gasteiger partial charge in [0.1, 0.15) is 0 Å². The molecule has 0 aliphatic carbocycles. The Kier molecular flexibility index (Phi) is 3.45. The molecule has 3 heteroatoms. The highest BCUT2D eigenvalue weighted by Gasteiger charge is 2.20. The van der Waals surface area contributed by atoms with Gasteiger partial charge >= 0.3 is 0 Å². The molecule has 0 atom stereocenters. The average Bonchev–Trinajstić information content (AvgIpc) is 2.12. The second-order valence-corrected chi connectivity index (χ2v) is 4.70. The maximum absolute atomic E-state index is 11.6. The molecule has 1 aromatic rings. The molecule has 1 heterocycles. The van der Waals surface area contributed by atoms with E-state index in [1.165, 1.54) is 0 Å². The van der Waals surface area contributed by atoms with Crippen molar-refractivity contribution in [2.24, 2.45) is 5.41 Å². The van der Waals surface area contributed by atoms with Crippen LogP contribution in [0.3, 0.4) is 0 Å². The van der Waals surface area contributed by atoms with Crippen LogP contribution in [0.25, 0.3) is 0 Å². The lowest BCUT2D eigenvalue weighted by Gasteiger charge is -2.17. The maximum Gasteiger partial charge on any atom is 0.225 e. The van der Waals surface area contributed by atoms with E-state index < -0.39 is 0 Å². The summed E-state index contributed by atoms with van der Waals surface area (Å²) < 4.78 is 0. The topological polar surface area (TPSA) is 42.0 Å². The van der Waals surface area contributed by atoms with Crippen molar-refractivity contribution in [3.05, 3.63) is 29.6 Å². The molecule has 0 bridgehead atoms. The van der Waals surface area contributed by atoms with Crippen LogP contribution in [0.1, 0.15) is 32.2 Å². The Morgan fingerprint density at radius 2 is 2.07 bits per heavy atom. The highest BCUT2D eigenvalue weighted by Crippen LogP contribution is 2.12. The van der Waals surface area contributed by atoms with Crippen LogP contribution in [0.15, 0.2) is 18.2 Å². The fourth-order valence-corrected chi connectivity index (χ4v) is 1.13. The standard InChI is InChI=1S/C12H18N2O/c1-9-6-5-7-10(14-9)8-13-11(15)12(2,3)4/h5-7H,8H2,1-4H3,(H,13,15). The van der Waals surface area contributed by atoms with Crippen molar-refractivity contribution >= 4 is 5.91 Å². The fraction of sp³-hybridized carbons (Fsp3) is 0.500. The monoisotopic (exact) mass is 206 g/mol. The Hall–Kier alpha value is -1.38. The van der Waals surface area contributed by atoms with Crippen LogP contribution in [0.4, 0.5) is 0 Å². The number of carbonyl (C=O) groups excluding carboxylic acids is 1. The molecule has 3 nitrogen and oxygen atoms in total. The summed E-state index contributed by atoms with van der Waals surface area (Å²) in [7, 11) is 0. The van der Waals surface area contributed by atoms with Gasteiger partial charge in [0, 0.05) is 11.1 Å². The number of rotatable bonds is 2. The van der Waals surface area contributed by atoms with Gasteiger partial charge in [-0.05, 0) is 19.1 Å². The van der Waals surface area contributed by atoms with E-state index in [1.807, 2.05) is 45.9 Å². The summed E-state index contributed by atoms with van der Waals surface area (Å²) in [5.41, 5.74) is 1.52. The van der Waals surface area contributed by atoms with Crippen molar-refractivity contribution in [3.8, 4) is 0 Å². The van der Waals surface area contributed by atoms with Crippen LogP contribution in [0.5, 0.6) is 0 Å². The Bertz CT molecular complexity index is 353. The molecule has 1 aromatic heterocycles. The first kappa shape index (κ1) is 11.7. The number of pyridine rings is 1. The smallest absolute Gasteiger partial charge is 0.225 e. The van der Waals surface area contributed by atoms with Gasteiger partial charge in [-0.25, -0.2) is 0 Å². The first-order valence-corrected chi connectivity index (χ1v) is 5.10. The second kappa shape index (κ2) is 4.43. The maximum atomic E-state index is 11.6. The summed E-state index contributed by atoms with van der Waals surface area (Å²) in [4.78, 5) is 15.9. The fourth-order valence-electron chi connectivity index (χ4n) is 1.13. The molecule has 82 valence electrons. The molecule has 0 spiro atoms. The quantitative estimate of drug-likeness (QED) is 0.804. The van der Waals surface area contributed by atoms with Crippen molar-refractivity contribution in [2.45, 2.75) is 34.2 Å². The predicted molar refractivity (Wildman–Crippen MR) is 60.3 cm³/mol. The zero-order valence-corrected chi connectivity index (χ0v) is 9.79. The first-order valence-electron chi connectivity index (χ1n) is 5.10. The third-order valence-electron chi connectivity index (χ3n) is 2.06. The van der Waals surface area contributed by atoms with Gasteiger partial charge in [-0.1, -0.05) is 26.8 Å². The second-order valence-electron chi connectivity index (χ2n) is 4.70. The lowest BCUT2D eigenvalue weighted by atomic mass is 9.96. The molecular formula is C12H18N2O.